The number of hydrogen-bond donors (Lipinski definition) is 0. The molecule has 1 aliphatic heterocycles. The number of fused-ring (bicyclic) bond motifs is 1. The highest BCUT2D eigenvalue weighted by molar-refractivity contribution is 6.67. The Morgan fingerprint density at radius 2 is 1.84 bits per heavy atom. The van der Waals surface area contributed by atoms with Crippen LogP contribution in [0.2, 0.25) is 0 Å². The Balaban J connectivity index is 1.59. The highest BCUT2D eigenvalue weighted by Gasteiger charge is 2.51. The molecule has 4 rings (SSSR count). The van der Waals surface area contributed by atoms with Gasteiger partial charge in [-0.1, -0.05) is 65.1 Å². The third-order valence-corrected chi connectivity index (χ3v) is 4.54. The van der Waals surface area contributed by atoms with Gasteiger partial charge in [-0.05, 0) is 29.8 Å². The average Bonchev–Trinajstić information content (AvgIpc) is 3.34. The molecule has 1 fully saturated rings. The molecule has 6 heteroatoms. The summed E-state index contributed by atoms with van der Waals surface area (Å²) in [5, 5.41) is 1.07. The van der Waals surface area contributed by atoms with E-state index < -0.39 is 9.39 Å². The molecule has 2 aromatic carbocycles. The second kappa shape index (κ2) is 6.33. The lowest BCUT2D eigenvalue weighted by Crippen LogP contribution is -2.18. The molecule has 0 radical (unpaired) electrons. The van der Waals surface area contributed by atoms with Crippen molar-refractivity contribution in [2.45, 2.75) is 15.8 Å². The van der Waals surface area contributed by atoms with Crippen molar-refractivity contribution in [3.63, 3.8) is 0 Å². The van der Waals surface area contributed by atoms with E-state index in [1.54, 1.807) is 0 Å². The summed E-state index contributed by atoms with van der Waals surface area (Å²) in [6.45, 7) is 0.526. The van der Waals surface area contributed by atoms with Gasteiger partial charge in [0.1, 0.15) is 11.4 Å². The van der Waals surface area contributed by atoms with Crippen molar-refractivity contribution in [1.29, 1.82) is 0 Å². The second-order valence-electron chi connectivity index (χ2n) is 6.05. The standard InChI is InChI=1S/C19H14Cl3NO2/c20-19(21,22)11-18(12-24-18)14-5-3-6-15(10-14)25-17-9-8-13-4-1-2-7-16(13)23-17/h1-10H,11-12H2. The van der Waals surface area contributed by atoms with E-state index in [-0.39, 0.29) is 0 Å². The lowest BCUT2D eigenvalue weighted by atomic mass is 9.97. The minimum Gasteiger partial charge on any atom is -0.439 e. The molecular formula is C19H14Cl3NO2. The normalized spacial score (nSPS) is 19.8. The Morgan fingerprint density at radius 1 is 1.04 bits per heavy atom. The van der Waals surface area contributed by atoms with Crippen LogP contribution < -0.4 is 4.74 Å². The molecule has 1 aliphatic rings. The number of ether oxygens (including phenoxy) is 2. The van der Waals surface area contributed by atoms with Crippen molar-refractivity contribution in [2.75, 3.05) is 6.61 Å². The predicted molar refractivity (Wildman–Crippen MR) is 101 cm³/mol. The van der Waals surface area contributed by atoms with Crippen molar-refractivity contribution in [2.24, 2.45) is 0 Å². The molecule has 3 nitrogen and oxygen atoms in total. The zero-order valence-corrected chi connectivity index (χ0v) is 15.4. The summed E-state index contributed by atoms with van der Waals surface area (Å²) < 4.78 is 10.1. The van der Waals surface area contributed by atoms with Gasteiger partial charge in [-0.25, -0.2) is 4.98 Å². The molecule has 0 saturated carbocycles. The summed E-state index contributed by atoms with van der Waals surface area (Å²) in [7, 11) is 0. The van der Waals surface area contributed by atoms with E-state index in [4.69, 9.17) is 44.3 Å². The first-order valence-corrected chi connectivity index (χ1v) is 8.92. The molecule has 2 heterocycles. The Morgan fingerprint density at radius 3 is 2.60 bits per heavy atom. The summed E-state index contributed by atoms with van der Waals surface area (Å²) >= 11 is 17.8. The minimum atomic E-state index is -1.37. The van der Waals surface area contributed by atoms with Crippen LogP contribution in [0.4, 0.5) is 0 Å². The third-order valence-electron chi connectivity index (χ3n) is 4.13. The molecular weight excluding hydrogens is 381 g/mol. The molecule has 0 N–H and O–H groups in total. The maximum Gasteiger partial charge on any atom is 0.219 e. The SMILES string of the molecule is ClC(Cl)(Cl)CC1(c2cccc(Oc3ccc4ccccc4n3)c2)CO1. The van der Waals surface area contributed by atoms with Gasteiger partial charge in [-0.15, -0.1) is 0 Å². The fraction of sp³-hybridized carbons (Fsp3) is 0.211. The van der Waals surface area contributed by atoms with Gasteiger partial charge in [0.2, 0.25) is 5.88 Å². The average molecular weight is 395 g/mol. The van der Waals surface area contributed by atoms with E-state index in [0.717, 1.165) is 16.5 Å². The molecule has 1 unspecified atom stereocenters. The molecule has 25 heavy (non-hydrogen) atoms. The molecule has 0 aliphatic carbocycles. The molecule has 128 valence electrons. The molecule has 1 atom stereocenters. The molecule has 0 bridgehead atoms. The minimum absolute atomic E-state index is 0.294. The molecule has 1 aromatic heterocycles. The number of benzene rings is 2. The summed E-state index contributed by atoms with van der Waals surface area (Å²) in [4.78, 5) is 4.52. The predicted octanol–water partition coefficient (Wildman–Crippen LogP) is 6.01. The van der Waals surface area contributed by atoms with E-state index in [9.17, 15) is 0 Å². The van der Waals surface area contributed by atoms with Crippen molar-refractivity contribution in [3.8, 4) is 11.6 Å². The Hall–Kier alpha value is -1.52. The smallest absolute Gasteiger partial charge is 0.219 e. The van der Waals surface area contributed by atoms with Gasteiger partial charge in [-0.2, -0.15) is 0 Å². The van der Waals surface area contributed by atoms with Gasteiger partial charge in [0, 0.05) is 17.9 Å². The maximum absolute atomic E-state index is 5.94. The van der Waals surface area contributed by atoms with E-state index in [2.05, 4.69) is 4.98 Å². The van der Waals surface area contributed by atoms with E-state index >= 15 is 0 Å². The van der Waals surface area contributed by atoms with Crippen LogP contribution in [-0.2, 0) is 10.3 Å². The highest BCUT2D eigenvalue weighted by Crippen LogP contribution is 2.50. The van der Waals surface area contributed by atoms with Gasteiger partial charge in [0.25, 0.3) is 0 Å². The molecule has 0 spiro atoms. The van der Waals surface area contributed by atoms with Gasteiger partial charge < -0.3 is 9.47 Å². The third kappa shape index (κ3) is 3.85. The number of hydrogen-bond acceptors (Lipinski definition) is 3. The second-order valence-corrected chi connectivity index (χ2v) is 8.56. The van der Waals surface area contributed by atoms with Crippen LogP contribution in [0.15, 0.2) is 60.7 Å². The number of alkyl halides is 3. The van der Waals surface area contributed by atoms with E-state index in [1.165, 1.54) is 0 Å². The number of rotatable bonds is 4. The van der Waals surface area contributed by atoms with Crippen LogP contribution in [0.1, 0.15) is 12.0 Å². The first-order valence-electron chi connectivity index (χ1n) is 7.79. The summed E-state index contributed by atoms with van der Waals surface area (Å²) in [6.07, 6.45) is 0.294. The summed E-state index contributed by atoms with van der Waals surface area (Å²) in [5.41, 5.74) is 1.26. The Bertz CT molecular complexity index is 920. The van der Waals surface area contributed by atoms with Crippen LogP contribution >= 0.6 is 34.8 Å². The van der Waals surface area contributed by atoms with Crippen LogP contribution in [0, 0.1) is 0 Å². The lowest BCUT2D eigenvalue weighted by molar-refractivity contribution is 0.294. The van der Waals surface area contributed by atoms with Crippen LogP contribution in [-0.4, -0.2) is 15.4 Å². The van der Waals surface area contributed by atoms with Gasteiger partial charge in [0.15, 0.2) is 3.79 Å². The van der Waals surface area contributed by atoms with Crippen molar-refractivity contribution >= 4 is 45.7 Å². The van der Waals surface area contributed by atoms with Crippen molar-refractivity contribution in [3.05, 3.63) is 66.2 Å². The number of epoxide rings is 1. The fourth-order valence-electron chi connectivity index (χ4n) is 2.85. The Kier molecular flexibility index (Phi) is 4.28. The zero-order chi connectivity index (χ0) is 17.5. The van der Waals surface area contributed by atoms with Crippen molar-refractivity contribution < 1.29 is 9.47 Å². The Labute approximate surface area is 160 Å². The number of pyridine rings is 1. The molecule has 3 aromatic rings. The topological polar surface area (TPSA) is 34.6 Å². The van der Waals surface area contributed by atoms with Gasteiger partial charge in [0.05, 0.1) is 12.1 Å². The molecule has 1 saturated heterocycles. The maximum atomic E-state index is 5.94. The number of nitrogens with zero attached hydrogens (tertiary/aromatic N) is 1. The van der Waals surface area contributed by atoms with E-state index in [0.29, 0.717) is 24.7 Å². The van der Waals surface area contributed by atoms with Crippen molar-refractivity contribution in [1.82, 2.24) is 4.98 Å². The fourth-order valence-corrected chi connectivity index (χ4v) is 3.50. The van der Waals surface area contributed by atoms with Crippen LogP contribution in [0.25, 0.3) is 10.9 Å². The quantitative estimate of drug-likeness (QED) is 0.401. The van der Waals surface area contributed by atoms with Crippen LogP contribution in [0.3, 0.4) is 0 Å². The monoisotopic (exact) mass is 393 g/mol. The first kappa shape index (κ1) is 16.9. The van der Waals surface area contributed by atoms with Crippen LogP contribution in [0.5, 0.6) is 11.6 Å². The van der Waals surface area contributed by atoms with Gasteiger partial charge in [-0.3, -0.25) is 0 Å². The molecule has 0 amide bonds. The van der Waals surface area contributed by atoms with E-state index in [1.807, 2.05) is 60.7 Å². The van der Waals surface area contributed by atoms with Gasteiger partial charge >= 0.3 is 0 Å². The number of halogens is 3. The summed E-state index contributed by atoms with van der Waals surface area (Å²) in [6, 6.07) is 19.3. The summed E-state index contributed by atoms with van der Waals surface area (Å²) in [5.74, 6) is 1.20. The highest BCUT2D eigenvalue weighted by atomic mass is 35.6. The largest absolute Gasteiger partial charge is 0.439 e. The first-order chi connectivity index (χ1) is 11.9. The number of para-hydroxylation sites is 1. The number of aromatic nitrogens is 1. The lowest BCUT2D eigenvalue weighted by Gasteiger charge is -2.18. The zero-order valence-electron chi connectivity index (χ0n) is 13.1.